The Kier molecular flexibility index (Phi) is 4.99. The zero-order chi connectivity index (χ0) is 17.8. The van der Waals surface area contributed by atoms with E-state index < -0.39 is 0 Å². The Morgan fingerprint density at radius 2 is 2.12 bits per heavy atom. The molecule has 0 fully saturated rings. The van der Waals surface area contributed by atoms with Crippen LogP contribution < -0.4 is 15.6 Å². The largest absolute Gasteiger partial charge is 0.486 e. The van der Waals surface area contributed by atoms with E-state index in [2.05, 4.69) is 31.2 Å². The minimum Gasteiger partial charge on any atom is -0.486 e. The summed E-state index contributed by atoms with van der Waals surface area (Å²) in [5.41, 5.74) is 0.227. The van der Waals surface area contributed by atoms with Gasteiger partial charge in [0.15, 0.2) is 0 Å². The standard InChI is InChI=1S/C17H15BrN4O3/c1-22-7-6-19-15(22)10-25-13-4-2-11(3-5-13)16(23)21-14-8-12(18)9-20-17(14)24/h2-9H,10H2,1H3,(H,20,24)(H,21,23). The van der Waals surface area contributed by atoms with Crippen LogP contribution >= 0.6 is 15.9 Å². The summed E-state index contributed by atoms with van der Waals surface area (Å²) in [6, 6.07) is 8.21. The fourth-order valence-electron chi connectivity index (χ4n) is 2.13. The van der Waals surface area contributed by atoms with Crippen LogP contribution in [0.25, 0.3) is 0 Å². The van der Waals surface area contributed by atoms with E-state index in [4.69, 9.17) is 4.74 Å². The molecular formula is C17H15BrN4O3. The van der Waals surface area contributed by atoms with Crippen molar-refractivity contribution in [3.63, 3.8) is 0 Å². The number of halogens is 1. The van der Waals surface area contributed by atoms with Crippen LogP contribution in [0.2, 0.25) is 0 Å². The lowest BCUT2D eigenvalue weighted by molar-refractivity contribution is 0.102. The molecule has 2 N–H and O–H groups in total. The number of carbonyl (C=O) groups excluding carboxylic acids is 1. The molecule has 1 aromatic carbocycles. The summed E-state index contributed by atoms with van der Waals surface area (Å²) < 4.78 is 8.18. The molecule has 3 rings (SSSR count). The van der Waals surface area contributed by atoms with Gasteiger partial charge in [0.1, 0.15) is 23.9 Å². The fourth-order valence-corrected chi connectivity index (χ4v) is 2.47. The highest BCUT2D eigenvalue weighted by Crippen LogP contribution is 2.15. The molecule has 128 valence electrons. The highest BCUT2D eigenvalue weighted by atomic mass is 79.9. The summed E-state index contributed by atoms with van der Waals surface area (Å²) >= 11 is 3.25. The van der Waals surface area contributed by atoms with Crippen molar-refractivity contribution in [3.8, 4) is 5.75 Å². The van der Waals surface area contributed by atoms with Crippen molar-refractivity contribution in [2.45, 2.75) is 6.61 Å². The van der Waals surface area contributed by atoms with Gasteiger partial charge < -0.3 is 19.6 Å². The summed E-state index contributed by atoms with van der Waals surface area (Å²) in [4.78, 5) is 30.6. The molecule has 0 spiro atoms. The zero-order valence-electron chi connectivity index (χ0n) is 13.3. The molecule has 2 heterocycles. The third-order valence-corrected chi connectivity index (χ3v) is 3.98. The summed E-state index contributed by atoms with van der Waals surface area (Å²) in [5, 5.41) is 2.58. The second-order valence-electron chi connectivity index (χ2n) is 5.28. The molecule has 0 radical (unpaired) electrons. The number of aromatic nitrogens is 3. The number of aryl methyl sites for hydroxylation is 1. The van der Waals surface area contributed by atoms with Crippen LogP contribution in [-0.2, 0) is 13.7 Å². The molecule has 0 atom stereocenters. The molecule has 0 bridgehead atoms. The predicted molar refractivity (Wildman–Crippen MR) is 96.7 cm³/mol. The lowest BCUT2D eigenvalue weighted by atomic mass is 10.2. The maximum absolute atomic E-state index is 12.2. The number of pyridine rings is 1. The van der Waals surface area contributed by atoms with Gasteiger partial charge >= 0.3 is 0 Å². The maximum Gasteiger partial charge on any atom is 0.271 e. The number of aromatic amines is 1. The summed E-state index contributed by atoms with van der Waals surface area (Å²) in [6.45, 7) is 0.336. The summed E-state index contributed by atoms with van der Waals surface area (Å²) in [5.74, 6) is 1.05. The van der Waals surface area contributed by atoms with Crippen molar-refractivity contribution in [2.75, 3.05) is 5.32 Å². The van der Waals surface area contributed by atoms with E-state index in [9.17, 15) is 9.59 Å². The quantitative estimate of drug-likeness (QED) is 0.686. The van der Waals surface area contributed by atoms with Crippen molar-refractivity contribution in [2.24, 2.45) is 7.05 Å². The van der Waals surface area contributed by atoms with Crippen molar-refractivity contribution in [3.05, 3.63) is 75.1 Å². The first-order valence-corrected chi connectivity index (χ1v) is 8.21. The summed E-state index contributed by atoms with van der Waals surface area (Å²) in [7, 11) is 1.89. The van der Waals surface area contributed by atoms with Crippen molar-refractivity contribution >= 4 is 27.5 Å². The van der Waals surface area contributed by atoms with Gasteiger partial charge in [-0.15, -0.1) is 0 Å². The van der Waals surface area contributed by atoms with Crippen LogP contribution in [0, 0.1) is 0 Å². The third kappa shape index (κ3) is 4.16. The number of hydrogen-bond acceptors (Lipinski definition) is 4. The van der Waals surface area contributed by atoms with E-state index in [0.717, 1.165) is 5.82 Å². The van der Waals surface area contributed by atoms with Gasteiger partial charge in [-0.2, -0.15) is 0 Å². The second-order valence-corrected chi connectivity index (χ2v) is 6.20. The number of benzene rings is 1. The van der Waals surface area contributed by atoms with Gasteiger partial charge in [0.25, 0.3) is 11.5 Å². The molecule has 0 aliphatic heterocycles. The number of H-pyrrole nitrogens is 1. The Labute approximate surface area is 151 Å². The van der Waals surface area contributed by atoms with Gasteiger partial charge in [0, 0.05) is 35.7 Å². The molecule has 0 aliphatic rings. The lowest BCUT2D eigenvalue weighted by Crippen LogP contribution is -2.19. The van der Waals surface area contributed by atoms with Crippen LogP contribution in [-0.4, -0.2) is 20.4 Å². The van der Waals surface area contributed by atoms with Gasteiger partial charge in [0.05, 0.1) is 0 Å². The van der Waals surface area contributed by atoms with Crippen LogP contribution in [0.1, 0.15) is 16.2 Å². The van der Waals surface area contributed by atoms with E-state index in [-0.39, 0.29) is 17.2 Å². The van der Waals surface area contributed by atoms with Gasteiger partial charge in [-0.25, -0.2) is 4.98 Å². The number of ether oxygens (including phenoxy) is 1. The second kappa shape index (κ2) is 7.35. The topological polar surface area (TPSA) is 89.0 Å². The number of hydrogen-bond donors (Lipinski definition) is 2. The monoisotopic (exact) mass is 402 g/mol. The molecule has 8 heteroatoms. The minimum absolute atomic E-state index is 0.175. The van der Waals surface area contributed by atoms with E-state index >= 15 is 0 Å². The van der Waals surface area contributed by atoms with Gasteiger partial charge in [-0.3, -0.25) is 9.59 Å². The van der Waals surface area contributed by atoms with Crippen LogP contribution in [0.4, 0.5) is 5.69 Å². The summed E-state index contributed by atoms with van der Waals surface area (Å²) in [6.07, 6.45) is 5.05. The van der Waals surface area contributed by atoms with Gasteiger partial charge in [-0.1, -0.05) is 0 Å². The van der Waals surface area contributed by atoms with E-state index in [1.54, 1.807) is 36.5 Å². The molecule has 0 saturated heterocycles. The van der Waals surface area contributed by atoms with E-state index in [1.807, 2.05) is 17.8 Å². The van der Waals surface area contributed by atoms with Crippen LogP contribution in [0.3, 0.4) is 0 Å². The van der Waals surface area contributed by atoms with E-state index in [0.29, 0.717) is 22.4 Å². The Morgan fingerprint density at radius 1 is 1.36 bits per heavy atom. The Bertz CT molecular complexity index is 947. The predicted octanol–water partition coefficient (Wildman–Crippen LogP) is 2.70. The van der Waals surface area contributed by atoms with E-state index in [1.165, 1.54) is 6.20 Å². The molecule has 0 aliphatic carbocycles. The smallest absolute Gasteiger partial charge is 0.271 e. The average molecular weight is 403 g/mol. The van der Waals surface area contributed by atoms with Crippen molar-refractivity contribution in [1.82, 2.24) is 14.5 Å². The van der Waals surface area contributed by atoms with Gasteiger partial charge in [0.2, 0.25) is 0 Å². The number of amides is 1. The number of nitrogens with zero attached hydrogens (tertiary/aromatic N) is 2. The van der Waals surface area contributed by atoms with Gasteiger partial charge in [-0.05, 0) is 46.3 Å². The Balaban J connectivity index is 1.65. The molecular weight excluding hydrogens is 388 g/mol. The fraction of sp³-hybridized carbons (Fsp3) is 0.118. The first-order valence-electron chi connectivity index (χ1n) is 7.41. The first-order chi connectivity index (χ1) is 12.0. The Hall–Kier alpha value is -2.87. The molecule has 25 heavy (non-hydrogen) atoms. The highest BCUT2D eigenvalue weighted by molar-refractivity contribution is 9.10. The maximum atomic E-state index is 12.2. The number of imidazole rings is 1. The number of rotatable bonds is 5. The number of nitrogens with one attached hydrogen (secondary N) is 2. The minimum atomic E-state index is -0.376. The third-order valence-electron chi connectivity index (χ3n) is 3.52. The number of carbonyl (C=O) groups is 1. The molecule has 2 aromatic heterocycles. The Morgan fingerprint density at radius 3 is 2.80 bits per heavy atom. The van der Waals surface area contributed by atoms with Crippen LogP contribution in [0.15, 0.2) is 58.2 Å². The van der Waals surface area contributed by atoms with Crippen molar-refractivity contribution in [1.29, 1.82) is 0 Å². The zero-order valence-corrected chi connectivity index (χ0v) is 14.9. The van der Waals surface area contributed by atoms with Crippen LogP contribution in [0.5, 0.6) is 5.75 Å². The lowest BCUT2D eigenvalue weighted by Gasteiger charge is -2.08. The molecule has 0 unspecified atom stereocenters. The number of anilines is 1. The average Bonchev–Trinajstić information content (AvgIpc) is 3.02. The molecule has 3 aromatic rings. The highest BCUT2D eigenvalue weighted by Gasteiger charge is 2.09. The van der Waals surface area contributed by atoms with Crippen molar-refractivity contribution < 1.29 is 9.53 Å². The molecule has 1 amide bonds. The molecule has 0 saturated carbocycles. The molecule has 7 nitrogen and oxygen atoms in total. The normalized spacial score (nSPS) is 10.5. The first kappa shape index (κ1) is 17.0. The SMILES string of the molecule is Cn1ccnc1COc1ccc(C(=O)Nc2cc(Br)c[nH]c2=O)cc1.